The van der Waals surface area contributed by atoms with Crippen LogP contribution in [0.5, 0.6) is 0 Å². The number of rotatable bonds is 3. The molecule has 2 atom stereocenters. The maximum absolute atomic E-state index is 12.5. The van der Waals surface area contributed by atoms with E-state index >= 15 is 0 Å². The van der Waals surface area contributed by atoms with Crippen LogP contribution in [0.4, 0.5) is 13.2 Å². The molecule has 2 fully saturated rings. The van der Waals surface area contributed by atoms with Gasteiger partial charge in [-0.05, 0) is 25.2 Å². The van der Waals surface area contributed by atoms with Crippen molar-refractivity contribution < 1.29 is 22.8 Å². The number of hydrogen-bond acceptors (Lipinski definition) is 2. The van der Waals surface area contributed by atoms with Gasteiger partial charge in [0.1, 0.15) is 18.6 Å². The maximum Gasteiger partial charge on any atom is 0.406 e. The van der Waals surface area contributed by atoms with Crippen LogP contribution in [0.25, 0.3) is 0 Å². The Morgan fingerprint density at radius 2 is 1.94 bits per heavy atom. The summed E-state index contributed by atoms with van der Waals surface area (Å²) in [6.07, 6.45) is -2.72. The fourth-order valence-electron chi connectivity index (χ4n) is 2.32. The first-order valence-electron chi connectivity index (χ1n) is 6.01. The number of nitrogens with zero attached hydrogens (tertiary/aromatic N) is 1. The van der Waals surface area contributed by atoms with Crippen molar-refractivity contribution >= 4 is 11.8 Å². The molecule has 0 aromatic carbocycles. The third-order valence-corrected chi connectivity index (χ3v) is 3.36. The van der Waals surface area contributed by atoms with E-state index in [0.29, 0.717) is 4.90 Å². The van der Waals surface area contributed by atoms with Crippen LogP contribution in [0.3, 0.4) is 0 Å². The highest BCUT2D eigenvalue weighted by molar-refractivity contribution is 5.97. The van der Waals surface area contributed by atoms with E-state index in [4.69, 9.17) is 0 Å². The zero-order valence-electron chi connectivity index (χ0n) is 9.96. The molecule has 7 heteroatoms. The summed E-state index contributed by atoms with van der Waals surface area (Å²) in [6.45, 7) is 0.249. The summed E-state index contributed by atoms with van der Waals surface area (Å²) in [4.78, 5) is 24.4. The highest BCUT2D eigenvalue weighted by Crippen LogP contribution is 2.35. The molecule has 2 unspecified atom stereocenters. The first-order chi connectivity index (χ1) is 8.33. The van der Waals surface area contributed by atoms with Crippen LogP contribution in [-0.4, -0.2) is 41.5 Å². The Kier molecular flexibility index (Phi) is 3.25. The number of piperazine rings is 1. The van der Waals surface area contributed by atoms with Crippen LogP contribution >= 0.6 is 0 Å². The lowest BCUT2D eigenvalue weighted by atomic mass is 10.0. The first-order valence-corrected chi connectivity index (χ1v) is 6.01. The van der Waals surface area contributed by atoms with Crippen molar-refractivity contribution in [1.82, 2.24) is 10.2 Å². The summed E-state index contributed by atoms with van der Waals surface area (Å²) in [5.74, 6) is -1.06. The molecular formula is C11H15F3N2O2. The molecule has 1 saturated heterocycles. The summed E-state index contributed by atoms with van der Waals surface area (Å²) in [5.41, 5.74) is 0. The Morgan fingerprint density at radius 3 is 2.39 bits per heavy atom. The predicted octanol–water partition coefficient (Wildman–Crippen LogP) is 1.06. The molecule has 2 amide bonds. The van der Waals surface area contributed by atoms with E-state index < -0.39 is 36.6 Å². The van der Waals surface area contributed by atoms with E-state index in [0.717, 1.165) is 12.8 Å². The van der Waals surface area contributed by atoms with E-state index in [1.165, 1.54) is 0 Å². The fourth-order valence-corrected chi connectivity index (χ4v) is 2.32. The maximum atomic E-state index is 12.5. The van der Waals surface area contributed by atoms with Gasteiger partial charge in [0, 0.05) is 0 Å². The smallest absolute Gasteiger partial charge is 0.342 e. The number of alkyl halides is 3. The summed E-state index contributed by atoms with van der Waals surface area (Å²) >= 11 is 0. The van der Waals surface area contributed by atoms with Gasteiger partial charge in [-0.25, -0.2) is 0 Å². The molecule has 1 saturated carbocycles. The molecule has 1 heterocycles. The number of hydrogen-bond donors (Lipinski definition) is 1. The number of amides is 2. The monoisotopic (exact) mass is 264 g/mol. The minimum absolute atomic E-state index is 0.00925. The van der Waals surface area contributed by atoms with Crippen molar-refractivity contribution in [1.29, 1.82) is 0 Å². The Balaban J connectivity index is 2.18. The van der Waals surface area contributed by atoms with Gasteiger partial charge in [-0.15, -0.1) is 0 Å². The van der Waals surface area contributed by atoms with Crippen molar-refractivity contribution in [3.63, 3.8) is 0 Å². The molecule has 0 bridgehead atoms. The van der Waals surface area contributed by atoms with Gasteiger partial charge in [0.05, 0.1) is 0 Å². The zero-order chi connectivity index (χ0) is 13.5. The second kappa shape index (κ2) is 4.44. The molecular weight excluding hydrogens is 249 g/mol. The number of halogens is 3. The topological polar surface area (TPSA) is 49.4 Å². The standard InChI is InChI=1S/C11H15F3N2O2/c1-2-7-9(17)15-8(6-3-4-6)10(18)16(7)5-11(12,13)14/h6-8H,2-5H2,1H3,(H,15,17). The minimum atomic E-state index is -4.48. The molecule has 102 valence electrons. The predicted molar refractivity (Wildman–Crippen MR) is 56.5 cm³/mol. The van der Waals surface area contributed by atoms with Gasteiger partial charge in [0.15, 0.2) is 0 Å². The zero-order valence-corrected chi connectivity index (χ0v) is 9.96. The number of nitrogens with one attached hydrogen (secondary N) is 1. The Labute approximate surface area is 103 Å². The summed E-state index contributed by atoms with van der Waals surface area (Å²) in [7, 11) is 0. The van der Waals surface area contributed by atoms with Gasteiger partial charge < -0.3 is 10.2 Å². The number of carbonyl (C=O) groups is 2. The SMILES string of the molecule is CCC1C(=O)NC(C2CC2)C(=O)N1CC(F)(F)F. The lowest BCUT2D eigenvalue weighted by Gasteiger charge is -2.39. The molecule has 2 aliphatic rings. The van der Waals surface area contributed by atoms with E-state index in [2.05, 4.69) is 5.32 Å². The van der Waals surface area contributed by atoms with Crippen molar-refractivity contribution in [3.05, 3.63) is 0 Å². The summed E-state index contributed by atoms with van der Waals surface area (Å²) in [6, 6.07) is -1.77. The highest BCUT2D eigenvalue weighted by atomic mass is 19.4. The first kappa shape index (κ1) is 13.2. The van der Waals surface area contributed by atoms with Crippen molar-refractivity contribution in [2.24, 2.45) is 5.92 Å². The summed E-state index contributed by atoms with van der Waals surface area (Å²) in [5, 5.41) is 2.55. The lowest BCUT2D eigenvalue weighted by Crippen LogP contribution is -2.65. The van der Waals surface area contributed by atoms with Crippen LogP contribution in [0, 0.1) is 5.92 Å². The minimum Gasteiger partial charge on any atom is -0.342 e. The lowest BCUT2D eigenvalue weighted by molar-refractivity contribution is -0.174. The van der Waals surface area contributed by atoms with E-state index in [-0.39, 0.29) is 12.3 Å². The molecule has 2 rings (SSSR count). The third kappa shape index (κ3) is 2.59. The molecule has 0 radical (unpaired) electrons. The van der Waals surface area contributed by atoms with Gasteiger partial charge in [-0.2, -0.15) is 13.2 Å². The van der Waals surface area contributed by atoms with Crippen LogP contribution in [0.15, 0.2) is 0 Å². The van der Waals surface area contributed by atoms with Crippen LogP contribution in [0.1, 0.15) is 26.2 Å². The highest BCUT2D eigenvalue weighted by Gasteiger charge is 2.49. The third-order valence-electron chi connectivity index (χ3n) is 3.36. The van der Waals surface area contributed by atoms with Gasteiger partial charge >= 0.3 is 6.18 Å². The van der Waals surface area contributed by atoms with E-state index in [1.807, 2.05) is 0 Å². The normalized spacial score (nSPS) is 29.4. The van der Waals surface area contributed by atoms with Gasteiger partial charge in [-0.3, -0.25) is 9.59 Å². The van der Waals surface area contributed by atoms with Crippen LogP contribution in [0.2, 0.25) is 0 Å². The molecule has 0 aromatic heterocycles. The van der Waals surface area contributed by atoms with Crippen molar-refractivity contribution in [2.75, 3.05) is 6.54 Å². The van der Waals surface area contributed by atoms with Crippen molar-refractivity contribution in [2.45, 2.75) is 44.4 Å². The van der Waals surface area contributed by atoms with Gasteiger partial charge in [-0.1, -0.05) is 6.92 Å². The fraction of sp³-hybridized carbons (Fsp3) is 0.818. The second-order valence-electron chi connectivity index (χ2n) is 4.83. The van der Waals surface area contributed by atoms with Gasteiger partial charge in [0.2, 0.25) is 11.8 Å². The summed E-state index contributed by atoms with van der Waals surface area (Å²) < 4.78 is 37.4. The van der Waals surface area contributed by atoms with Crippen LogP contribution in [-0.2, 0) is 9.59 Å². The molecule has 1 aliphatic carbocycles. The molecule has 0 spiro atoms. The molecule has 0 aromatic rings. The Bertz CT molecular complexity index is 366. The molecule has 4 nitrogen and oxygen atoms in total. The van der Waals surface area contributed by atoms with E-state index in [9.17, 15) is 22.8 Å². The van der Waals surface area contributed by atoms with Gasteiger partial charge in [0.25, 0.3) is 0 Å². The average Bonchev–Trinajstić information content (AvgIpc) is 3.05. The second-order valence-corrected chi connectivity index (χ2v) is 4.83. The van der Waals surface area contributed by atoms with Crippen molar-refractivity contribution in [3.8, 4) is 0 Å². The number of carbonyl (C=O) groups excluding carboxylic acids is 2. The Hall–Kier alpha value is -1.27. The molecule has 1 aliphatic heterocycles. The Morgan fingerprint density at radius 1 is 1.33 bits per heavy atom. The quantitative estimate of drug-likeness (QED) is 0.828. The van der Waals surface area contributed by atoms with Crippen LogP contribution < -0.4 is 5.32 Å². The largest absolute Gasteiger partial charge is 0.406 e. The average molecular weight is 264 g/mol. The molecule has 1 N–H and O–H groups in total. The molecule has 18 heavy (non-hydrogen) atoms. The van der Waals surface area contributed by atoms with E-state index in [1.54, 1.807) is 6.92 Å².